The normalized spacial score (nSPS) is 17.6. The van der Waals surface area contributed by atoms with Gasteiger partial charge < -0.3 is 15.0 Å². The highest BCUT2D eigenvalue weighted by Gasteiger charge is 2.22. The van der Waals surface area contributed by atoms with E-state index in [-0.39, 0.29) is 17.6 Å². The molecule has 1 aromatic heterocycles. The third-order valence-electron chi connectivity index (χ3n) is 3.45. The molecule has 0 bridgehead atoms. The smallest absolute Gasteiger partial charge is 0.251 e. The van der Waals surface area contributed by atoms with Crippen LogP contribution < -0.4 is 10.9 Å². The molecule has 1 aromatic rings. The van der Waals surface area contributed by atoms with Crippen molar-refractivity contribution in [2.75, 3.05) is 6.54 Å². The second-order valence-electron chi connectivity index (χ2n) is 4.98. The summed E-state index contributed by atoms with van der Waals surface area (Å²) in [7, 11) is 0. The van der Waals surface area contributed by atoms with Crippen LogP contribution >= 0.6 is 0 Å². The van der Waals surface area contributed by atoms with E-state index in [0.29, 0.717) is 13.0 Å². The summed E-state index contributed by atoms with van der Waals surface area (Å²) in [6.45, 7) is 5.73. The molecule has 2 heterocycles. The first kappa shape index (κ1) is 14.4. The van der Waals surface area contributed by atoms with Crippen LogP contribution in [0.2, 0.25) is 0 Å². The molecule has 2 rings (SSSR count). The third kappa shape index (κ3) is 3.10. The first-order valence-corrected chi connectivity index (χ1v) is 6.84. The number of ether oxygens (including phenoxy) is 1. The van der Waals surface area contributed by atoms with Crippen molar-refractivity contribution < 1.29 is 9.53 Å². The molecule has 1 aliphatic heterocycles. The summed E-state index contributed by atoms with van der Waals surface area (Å²) in [4.78, 5) is 25.5. The van der Waals surface area contributed by atoms with E-state index < -0.39 is 0 Å². The van der Waals surface area contributed by atoms with Crippen molar-refractivity contribution in [1.29, 1.82) is 0 Å². The molecule has 108 valence electrons. The number of aromatic amines is 1. The standard InChI is InChI=1S/C15H20N2O3/c1-4-11-7-13(9(2)17-15(11)19)14-6-5-12(20-14)8-16-10(3)18/h5,7,14H,4,6,8H2,1-3H3,(H,16,18)(H,17,19). The van der Waals surface area contributed by atoms with Gasteiger partial charge in [-0.15, -0.1) is 0 Å². The van der Waals surface area contributed by atoms with Crippen LogP contribution in [0.1, 0.15) is 43.2 Å². The maximum Gasteiger partial charge on any atom is 0.251 e. The molecular weight excluding hydrogens is 256 g/mol. The van der Waals surface area contributed by atoms with E-state index in [1.807, 2.05) is 26.0 Å². The number of H-pyrrole nitrogens is 1. The summed E-state index contributed by atoms with van der Waals surface area (Å²) < 4.78 is 5.84. The van der Waals surface area contributed by atoms with Gasteiger partial charge >= 0.3 is 0 Å². The fraction of sp³-hybridized carbons (Fsp3) is 0.467. The monoisotopic (exact) mass is 276 g/mol. The molecule has 0 fully saturated rings. The zero-order valence-corrected chi connectivity index (χ0v) is 12.1. The van der Waals surface area contributed by atoms with Crippen LogP contribution in [0.5, 0.6) is 0 Å². The molecule has 0 saturated heterocycles. The number of aryl methyl sites for hydroxylation is 2. The van der Waals surface area contributed by atoms with Gasteiger partial charge in [-0.1, -0.05) is 6.92 Å². The maximum atomic E-state index is 11.7. The molecule has 20 heavy (non-hydrogen) atoms. The van der Waals surface area contributed by atoms with E-state index in [1.165, 1.54) is 6.92 Å². The Morgan fingerprint density at radius 3 is 2.95 bits per heavy atom. The van der Waals surface area contributed by atoms with Crippen LogP contribution in [-0.4, -0.2) is 17.4 Å². The number of pyridine rings is 1. The Morgan fingerprint density at radius 2 is 2.30 bits per heavy atom. The lowest BCUT2D eigenvalue weighted by molar-refractivity contribution is -0.118. The predicted octanol–water partition coefficient (Wildman–Crippen LogP) is 1.73. The summed E-state index contributed by atoms with van der Waals surface area (Å²) in [5.74, 6) is 0.695. The first-order valence-electron chi connectivity index (χ1n) is 6.84. The Bertz CT molecular complexity index is 602. The minimum atomic E-state index is -0.0825. The van der Waals surface area contributed by atoms with Crippen molar-refractivity contribution in [3.8, 4) is 0 Å². The molecule has 0 radical (unpaired) electrons. The van der Waals surface area contributed by atoms with Gasteiger partial charge in [0.05, 0.1) is 6.54 Å². The molecule has 1 aliphatic rings. The highest BCUT2D eigenvalue weighted by molar-refractivity contribution is 5.73. The molecule has 1 atom stereocenters. The quantitative estimate of drug-likeness (QED) is 0.879. The third-order valence-corrected chi connectivity index (χ3v) is 3.45. The van der Waals surface area contributed by atoms with Crippen molar-refractivity contribution in [2.45, 2.75) is 39.7 Å². The minimum absolute atomic E-state index is 0.0295. The van der Waals surface area contributed by atoms with Gasteiger partial charge in [-0.3, -0.25) is 9.59 Å². The van der Waals surface area contributed by atoms with Gasteiger partial charge in [0, 0.05) is 30.2 Å². The number of hydrogen-bond donors (Lipinski definition) is 2. The highest BCUT2D eigenvalue weighted by atomic mass is 16.5. The molecular formula is C15H20N2O3. The molecule has 0 aromatic carbocycles. The van der Waals surface area contributed by atoms with Crippen molar-refractivity contribution in [3.05, 3.63) is 45.1 Å². The summed E-state index contributed by atoms with van der Waals surface area (Å²) in [6.07, 6.45) is 3.35. The van der Waals surface area contributed by atoms with Crippen molar-refractivity contribution in [2.24, 2.45) is 0 Å². The Hall–Kier alpha value is -2.04. The Kier molecular flexibility index (Phi) is 4.27. The topological polar surface area (TPSA) is 71.2 Å². The van der Waals surface area contributed by atoms with Gasteiger partial charge in [-0.25, -0.2) is 0 Å². The van der Waals surface area contributed by atoms with E-state index >= 15 is 0 Å². The predicted molar refractivity (Wildman–Crippen MR) is 76.4 cm³/mol. The van der Waals surface area contributed by atoms with Gasteiger partial charge in [-0.2, -0.15) is 0 Å². The van der Waals surface area contributed by atoms with Gasteiger partial charge in [-0.05, 0) is 25.5 Å². The van der Waals surface area contributed by atoms with E-state index in [9.17, 15) is 9.59 Å². The lowest BCUT2D eigenvalue weighted by atomic mass is 10.0. The minimum Gasteiger partial charge on any atom is -0.488 e. The molecule has 2 N–H and O–H groups in total. The van der Waals surface area contributed by atoms with Crippen LogP contribution in [-0.2, 0) is 16.0 Å². The fourth-order valence-electron chi connectivity index (χ4n) is 2.31. The zero-order chi connectivity index (χ0) is 14.7. The number of rotatable bonds is 4. The molecule has 0 saturated carbocycles. The SMILES string of the molecule is CCc1cc(C2CC=C(CNC(C)=O)O2)c(C)[nH]c1=O. The van der Waals surface area contributed by atoms with Gasteiger partial charge in [0.15, 0.2) is 0 Å². The van der Waals surface area contributed by atoms with E-state index in [2.05, 4.69) is 10.3 Å². The number of amides is 1. The lowest BCUT2D eigenvalue weighted by Crippen LogP contribution is -2.23. The molecule has 1 unspecified atom stereocenters. The second kappa shape index (κ2) is 5.94. The highest BCUT2D eigenvalue weighted by Crippen LogP contribution is 2.31. The van der Waals surface area contributed by atoms with Crippen LogP contribution in [0.15, 0.2) is 22.7 Å². The Balaban J connectivity index is 2.11. The number of nitrogens with one attached hydrogen (secondary N) is 2. The largest absolute Gasteiger partial charge is 0.488 e. The van der Waals surface area contributed by atoms with Gasteiger partial charge in [0.2, 0.25) is 5.91 Å². The van der Waals surface area contributed by atoms with Crippen molar-refractivity contribution >= 4 is 5.91 Å². The average molecular weight is 276 g/mol. The lowest BCUT2D eigenvalue weighted by Gasteiger charge is -2.16. The number of hydrogen-bond acceptors (Lipinski definition) is 3. The fourth-order valence-corrected chi connectivity index (χ4v) is 2.31. The average Bonchev–Trinajstić information content (AvgIpc) is 2.85. The molecule has 0 spiro atoms. The summed E-state index contributed by atoms with van der Waals surface area (Å²) in [6, 6.07) is 1.92. The maximum absolute atomic E-state index is 11.7. The summed E-state index contributed by atoms with van der Waals surface area (Å²) in [5.41, 5.74) is 2.59. The number of carbonyl (C=O) groups is 1. The molecule has 5 nitrogen and oxygen atoms in total. The van der Waals surface area contributed by atoms with Crippen LogP contribution in [0, 0.1) is 6.92 Å². The van der Waals surface area contributed by atoms with Crippen molar-refractivity contribution in [3.63, 3.8) is 0 Å². The Labute approximate surface area is 118 Å². The van der Waals surface area contributed by atoms with E-state index in [1.54, 1.807) is 0 Å². The van der Waals surface area contributed by atoms with Gasteiger partial charge in [0.1, 0.15) is 11.9 Å². The zero-order valence-electron chi connectivity index (χ0n) is 12.1. The summed E-state index contributed by atoms with van der Waals surface area (Å²) >= 11 is 0. The molecule has 1 amide bonds. The van der Waals surface area contributed by atoms with Gasteiger partial charge in [0.25, 0.3) is 5.56 Å². The number of carbonyl (C=O) groups excluding carboxylic acids is 1. The second-order valence-corrected chi connectivity index (χ2v) is 4.98. The Morgan fingerprint density at radius 1 is 1.55 bits per heavy atom. The van der Waals surface area contributed by atoms with Crippen LogP contribution in [0.3, 0.4) is 0 Å². The van der Waals surface area contributed by atoms with Crippen LogP contribution in [0.4, 0.5) is 0 Å². The first-order chi connectivity index (χ1) is 9.51. The number of aromatic nitrogens is 1. The van der Waals surface area contributed by atoms with E-state index in [4.69, 9.17) is 4.74 Å². The van der Waals surface area contributed by atoms with Crippen molar-refractivity contribution in [1.82, 2.24) is 10.3 Å². The molecule has 0 aliphatic carbocycles. The van der Waals surface area contributed by atoms with E-state index in [0.717, 1.165) is 29.0 Å². The summed E-state index contributed by atoms with van der Waals surface area (Å²) in [5, 5.41) is 2.72. The molecule has 5 heteroatoms. The van der Waals surface area contributed by atoms with Crippen LogP contribution in [0.25, 0.3) is 0 Å².